The Balaban J connectivity index is 2.00. The van der Waals surface area contributed by atoms with Gasteiger partial charge in [-0.2, -0.15) is 13.2 Å². The quantitative estimate of drug-likeness (QED) is 0.872. The minimum Gasteiger partial charge on any atom is -0.310 e. The van der Waals surface area contributed by atoms with E-state index in [-0.39, 0.29) is 5.54 Å². The molecule has 0 unspecified atom stereocenters. The van der Waals surface area contributed by atoms with Crippen LogP contribution in [0.15, 0.2) is 48.5 Å². The minimum absolute atomic E-state index is 0.0116. The zero-order chi connectivity index (χ0) is 15.1. The van der Waals surface area contributed by atoms with Crippen molar-refractivity contribution in [2.45, 2.75) is 24.6 Å². The van der Waals surface area contributed by atoms with Crippen LogP contribution in [0, 0.1) is 0 Å². The topological polar surface area (TPSA) is 12.0 Å². The van der Waals surface area contributed by atoms with E-state index in [9.17, 15) is 13.2 Å². The van der Waals surface area contributed by atoms with E-state index in [1.165, 1.54) is 12.1 Å². The number of halogens is 3. The molecule has 3 rings (SSSR count). The lowest BCUT2D eigenvalue weighted by atomic mass is 9.97. The molecule has 0 bridgehead atoms. The summed E-state index contributed by atoms with van der Waals surface area (Å²) in [5, 5.41) is 3.30. The Hall–Kier alpha value is -1.81. The fourth-order valence-corrected chi connectivity index (χ4v) is 2.68. The number of nitrogens with one attached hydrogen (secondary N) is 1. The molecule has 0 amide bonds. The van der Waals surface area contributed by atoms with Crippen LogP contribution in [0.4, 0.5) is 13.2 Å². The molecule has 0 saturated heterocycles. The van der Waals surface area contributed by atoms with E-state index < -0.39 is 11.7 Å². The number of rotatable bonds is 3. The van der Waals surface area contributed by atoms with Gasteiger partial charge in [0.25, 0.3) is 0 Å². The average Bonchev–Trinajstić information content (AvgIpc) is 3.28. The standard InChI is InChI=1S/C17H16F3N/c1-21-16(8-9-16)14-6-2-4-12(10-14)13-5-3-7-15(11-13)17(18,19)20/h2-7,10-11,21H,8-9H2,1H3. The number of alkyl halides is 3. The Kier molecular flexibility index (Phi) is 3.29. The lowest BCUT2D eigenvalue weighted by Crippen LogP contribution is -2.24. The highest BCUT2D eigenvalue weighted by Gasteiger charge is 2.42. The number of benzene rings is 2. The Labute approximate surface area is 121 Å². The van der Waals surface area contributed by atoms with Crippen molar-refractivity contribution < 1.29 is 13.2 Å². The van der Waals surface area contributed by atoms with Gasteiger partial charge in [0.15, 0.2) is 0 Å². The molecule has 2 aromatic rings. The molecule has 0 radical (unpaired) electrons. The zero-order valence-electron chi connectivity index (χ0n) is 11.7. The van der Waals surface area contributed by atoms with Gasteiger partial charge in [-0.15, -0.1) is 0 Å². The maximum absolute atomic E-state index is 12.8. The number of hydrogen-bond acceptors (Lipinski definition) is 1. The Morgan fingerprint density at radius 3 is 2.14 bits per heavy atom. The van der Waals surface area contributed by atoms with Crippen molar-refractivity contribution in [3.63, 3.8) is 0 Å². The third-order valence-electron chi connectivity index (χ3n) is 4.17. The lowest BCUT2D eigenvalue weighted by Gasteiger charge is -2.16. The molecule has 0 spiro atoms. The van der Waals surface area contributed by atoms with Gasteiger partial charge in [0.1, 0.15) is 0 Å². The van der Waals surface area contributed by atoms with Crippen LogP contribution < -0.4 is 5.32 Å². The van der Waals surface area contributed by atoms with Gasteiger partial charge in [0.2, 0.25) is 0 Å². The number of hydrogen-bond donors (Lipinski definition) is 1. The normalized spacial score (nSPS) is 16.8. The van der Waals surface area contributed by atoms with Gasteiger partial charge in [-0.1, -0.05) is 30.3 Å². The van der Waals surface area contributed by atoms with Gasteiger partial charge in [0.05, 0.1) is 5.56 Å². The Morgan fingerprint density at radius 2 is 1.57 bits per heavy atom. The van der Waals surface area contributed by atoms with Gasteiger partial charge in [-0.25, -0.2) is 0 Å². The van der Waals surface area contributed by atoms with E-state index >= 15 is 0 Å². The van der Waals surface area contributed by atoms with Crippen LogP contribution in [0.1, 0.15) is 24.0 Å². The van der Waals surface area contributed by atoms with Crippen molar-refractivity contribution in [1.82, 2.24) is 5.32 Å². The highest BCUT2D eigenvalue weighted by molar-refractivity contribution is 5.65. The van der Waals surface area contributed by atoms with Gasteiger partial charge in [-0.3, -0.25) is 0 Å². The summed E-state index contributed by atoms with van der Waals surface area (Å²) in [6, 6.07) is 13.2. The molecule has 2 aromatic carbocycles. The van der Waals surface area contributed by atoms with Crippen LogP contribution in [0.25, 0.3) is 11.1 Å². The highest BCUT2D eigenvalue weighted by Crippen LogP contribution is 2.45. The molecule has 1 nitrogen and oxygen atoms in total. The molecule has 0 aromatic heterocycles. The predicted molar refractivity (Wildman–Crippen MR) is 76.9 cm³/mol. The molecule has 1 fully saturated rings. The summed E-state index contributed by atoms with van der Waals surface area (Å²) in [6.07, 6.45) is -2.18. The van der Waals surface area contributed by atoms with Gasteiger partial charge in [-0.05, 0) is 54.8 Å². The van der Waals surface area contributed by atoms with Crippen LogP contribution in [0.5, 0.6) is 0 Å². The summed E-state index contributed by atoms with van der Waals surface area (Å²) in [6.45, 7) is 0. The van der Waals surface area contributed by atoms with Crippen LogP contribution in [0.2, 0.25) is 0 Å². The molecule has 1 aliphatic carbocycles. The first-order chi connectivity index (χ1) is 9.94. The largest absolute Gasteiger partial charge is 0.416 e. The Bertz CT molecular complexity index is 657. The monoisotopic (exact) mass is 291 g/mol. The first-order valence-electron chi connectivity index (χ1n) is 6.92. The highest BCUT2D eigenvalue weighted by atomic mass is 19.4. The molecule has 110 valence electrons. The third kappa shape index (κ3) is 2.68. The van der Waals surface area contributed by atoms with Gasteiger partial charge < -0.3 is 5.32 Å². The van der Waals surface area contributed by atoms with Crippen molar-refractivity contribution in [1.29, 1.82) is 0 Å². The fourth-order valence-electron chi connectivity index (χ4n) is 2.68. The molecule has 1 aliphatic rings. The van der Waals surface area contributed by atoms with Crippen LogP contribution in [-0.2, 0) is 11.7 Å². The van der Waals surface area contributed by atoms with Crippen molar-refractivity contribution >= 4 is 0 Å². The minimum atomic E-state index is -4.31. The molecule has 4 heteroatoms. The first kappa shape index (κ1) is 14.1. The van der Waals surface area contributed by atoms with Crippen LogP contribution in [-0.4, -0.2) is 7.05 Å². The second-order valence-electron chi connectivity index (χ2n) is 5.49. The summed E-state index contributed by atoms with van der Waals surface area (Å²) >= 11 is 0. The van der Waals surface area contributed by atoms with E-state index in [4.69, 9.17) is 0 Å². The van der Waals surface area contributed by atoms with E-state index in [0.29, 0.717) is 5.56 Å². The van der Waals surface area contributed by atoms with Crippen molar-refractivity contribution in [2.24, 2.45) is 0 Å². The lowest BCUT2D eigenvalue weighted by molar-refractivity contribution is -0.137. The second kappa shape index (κ2) is 4.88. The fraction of sp³-hybridized carbons (Fsp3) is 0.294. The summed E-state index contributed by atoms with van der Waals surface area (Å²) in [4.78, 5) is 0. The Morgan fingerprint density at radius 1 is 0.952 bits per heavy atom. The van der Waals surface area contributed by atoms with Crippen molar-refractivity contribution in [3.8, 4) is 11.1 Å². The first-order valence-corrected chi connectivity index (χ1v) is 6.92. The molecule has 1 N–H and O–H groups in total. The SMILES string of the molecule is CNC1(c2cccc(-c3cccc(C(F)(F)F)c3)c2)CC1. The van der Waals surface area contributed by atoms with Gasteiger partial charge in [0, 0.05) is 5.54 Å². The second-order valence-corrected chi connectivity index (χ2v) is 5.49. The average molecular weight is 291 g/mol. The third-order valence-corrected chi connectivity index (χ3v) is 4.17. The summed E-state index contributed by atoms with van der Waals surface area (Å²) in [7, 11) is 1.92. The van der Waals surface area contributed by atoms with Crippen LogP contribution >= 0.6 is 0 Å². The van der Waals surface area contributed by atoms with Crippen molar-refractivity contribution in [3.05, 3.63) is 59.7 Å². The molecular formula is C17H16F3N. The molecule has 1 saturated carbocycles. The molecule has 0 atom stereocenters. The van der Waals surface area contributed by atoms with Crippen molar-refractivity contribution in [2.75, 3.05) is 7.05 Å². The smallest absolute Gasteiger partial charge is 0.310 e. The van der Waals surface area contributed by atoms with E-state index in [1.54, 1.807) is 6.07 Å². The predicted octanol–water partition coefficient (Wildman–Crippen LogP) is 4.58. The van der Waals surface area contributed by atoms with Crippen LogP contribution in [0.3, 0.4) is 0 Å². The molecule has 0 aliphatic heterocycles. The zero-order valence-corrected chi connectivity index (χ0v) is 11.7. The summed E-state index contributed by atoms with van der Waals surface area (Å²) in [5.74, 6) is 0. The molecule has 0 heterocycles. The maximum atomic E-state index is 12.8. The molecule has 21 heavy (non-hydrogen) atoms. The van der Waals surface area contributed by atoms with Gasteiger partial charge >= 0.3 is 6.18 Å². The summed E-state index contributed by atoms with van der Waals surface area (Å²) in [5.41, 5.74) is 1.95. The molecular weight excluding hydrogens is 275 g/mol. The maximum Gasteiger partial charge on any atom is 0.416 e. The summed E-state index contributed by atoms with van der Waals surface area (Å²) < 4.78 is 38.4. The van der Waals surface area contributed by atoms with E-state index in [0.717, 1.165) is 30.0 Å². The van der Waals surface area contributed by atoms with E-state index in [2.05, 4.69) is 5.32 Å². The van der Waals surface area contributed by atoms with E-state index in [1.807, 2.05) is 31.3 Å².